The lowest BCUT2D eigenvalue weighted by atomic mass is 9.66. The summed E-state index contributed by atoms with van der Waals surface area (Å²) in [5, 5.41) is 0. The summed E-state index contributed by atoms with van der Waals surface area (Å²) in [4.78, 5) is 33.1. The number of ketones is 1. The fourth-order valence-corrected chi connectivity index (χ4v) is 4.50. The number of allylic oxidation sites excluding steroid dienone is 2. The Morgan fingerprint density at radius 3 is 2.38 bits per heavy atom. The monoisotopic (exact) mass is 396 g/mol. The summed E-state index contributed by atoms with van der Waals surface area (Å²) in [6.07, 6.45) is 1.88. The van der Waals surface area contributed by atoms with Crippen molar-refractivity contribution in [3.8, 4) is 0 Å². The molecule has 0 radical (unpaired) electrons. The zero-order chi connectivity index (χ0) is 21.3. The van der Waals surface area contributed by atoms with Crippen LogP contribution < -0.4 is 4.90 Å². The molecule has 3 rings (SSSR count). The van der Waals surface area contributed by atoms with E-state index in [0.29, 0.717) is 25.0 Å². The van der Waals surface area contributed by atoms with Gasteiger partial charge in [0.1, 0.15) is 5.92 Å². The van der Waals surface area contributed by atoms with Gasteiger partial charge in [-0.2, -0.15) is 0 Å². The van der Waals surface area contributed by atoms with Crippen LogP contribution in [0.25, 0.3) is 0 Å². The summed E-state index contributed by atoms with van der Waals surface area (Å²) in [5.74, 6) is -1.07. The molecule has 2 atom stereocenters. The fourth-order valence-electron chi connectivity index (χ4n) is 4.50. The molecule has 0 fully saturated rings. The van der Waals surface area contributed by atoms with Crippen LogP contribution in [0.4, 0.5) is 5.69 Å². The first-order valence-electron chi connectivity index (χ1n) is 10.5. The van der Waals surface area contributed by atoms with Gasteiger partial charge in [0, 0.05) is 49.1 Å². The Labute approximate surface area is 173 Å². The minimum absolute atomic E-state index is 0.103. The first-order valence-corrected chi connectivity index (χ1v) is 10.5. The van der Waals surface area contributed by atoms with E-state index in [2.05, 4.69) is 13.8 Å². The quantitative estimate of drug-likeness (QED) is 0.687. The molecule has 1 heterocycles. The van der Waals surface area contributed by atoms with E-state index < -0.39 is 5.92 Å². The van der Waals surface area contributed by atoms with Gasteiger partial charge in [-0.3, -0.25) is 14.6 Å². The lowest BCUT2D eigenvalue weighted by Gasteiger charge is -2.39. The Balaban J connectivity index is 2.17. The van der Waals surface area contributed by atoms with Crippen LogP contribution in [0.3, 0.4) is 0 Å². The first-order chi connectivity index (χ1) is 13.7. The van der Waals surface area contributed by atoms with Crippen molar-refractivity contribution in [3.05, 3.63) is 41.1 Å². The van der Waals surface area contributed by atoms with Gasteiger partial charge < -0.3 is 9.64 Å². The summed E-state index contributed by atoms with van der Waals surface area (Å²) < 4.78 is 5.42. The second kappa shape index (κ2) is 8.13. The van der Waals surface area contributed by atoms with Crippen LogP contribution in [0.15, 0.2) is 40.5 Å². The predicted octanol–water partition coefficient (Wildman–Crippen LogP) is 4.52. The predicted molar refractivity (Wildman–Crippen MR) is 116 cm³/mol. The maximum absolute atomic E-state index is 13.2. The zero-order valence-corrected chi connectivity index (χ0v) is 18.4. The standard InChI is InChI=1S/C24H32N2O3/c1-7-17-22(23(28)29-8-2)20(15-9-11-16(12-10-15)26(5)6)21-18(25-17)13-24(3,4)14-19(21)27/h9-12,20,22H,7-8,13-14H2,1-6H3/t20-,22?/m0/s1. The number of anilines is 1. The maximum atomic E-state index is 13.2. The third-order valence-corrected chi connectivity index (χ3v) is 5.85. The molecule has 0 saturated carbocycles. The second-order valence-corrected chi connectivity index (χ2v) is 8.95. The van der Waals surface area contributed by atoms with Crippen molar-refractivity contribution in [1.29, 1.82) is 0 Å². The van der Waals surface area contributed by atoms with E-state index >= 15 is 0 Å². The highest BCUT2D eigenvalue weighted by Gasteiger charge is 2.46. The molecule has 5 nitrogen and oxygen atoms in total. The van der Waals surface area contributed by atoms with Gasteiger partial charge in [0.05, 0.1) is 6.61 Å². The van der Waals surface area contributed by atoms with Crippen LogP contribution in [-0.2, 0) is 14.3 Å². The van der Waals surface area contributed by atoms with Crippen LogP contribution in [0.1, 0.15) is 58.4 Å². The third-order valence-electron chi connectivity index (χ3n) is 5.85. The molecule has 0 spiro atoms. The largest absolute Gasteiger partial charge is 0.465 e. The number of rotatable bonds is 5. The van der Waals surface area contributed by atoms with Crippen molar-refractivity contribution < 1.29 is 14.3 Å². The van der Waals surface area contributed by atoms with Crippen LogP contribution in [-0.4, -0.2) is 38.2 Å². The van der Waals surface area contributed by atoms with Crippen molar-refractivity contribution in [2.45, 2.75) is 52.9 Å². The molecule has 2 aliphatic rings. The van der Waals surface area contributed by atoms with E-state index in [-0.39, 0.29) is 23.1 Å². The molecular weight excluding hydrogens is 364 g/mol. The highest BCUT2D eigenvalue weighted by Crippen LogP contribution is 2.48. The number of benzene rings is 1. The Kier molecular flexibility index (Phi) is 5.97. The number of carbonyl (C=O) groups is 2. The molecule has 29 heavy (non-hydrogen) atoms. The minimum atomic E-state index is -0.547. The third kappa shape index (κ3) is 4.14. The molecule has 1 aromatic rings. The van der Waals surface area contributed by atoms with Crippen molar-refractivity contribution in [2.24, 2.45) is 16.3 Å². The average Bonchev–Trinajstić information content (AvgIpc) is 2.65. The van der Waals surface area contributed by atoms with Gasteiger partial charge in [0.25, 0.3) is 0 Å². The Morgan fingerprint density at radius 2 is 1.83 bits per heavy atom. The average molecular weight is 397 g/mol. The zero-order valence-electron chi connectivity index (χ0n) is 18.4. The van der Waals surface area contributed by atoms with Crippen molar-refractivity contribution in [3.63, 3.8) is 0 Å². The van der Waals surface area contributed by atoms with Crippen molar-refractivity contribution >= 4 is 23.2 Å². The lowest BCUT2D eigenvalue weighted by molar-refractivity contribution is -0.146. The summed E-state index contributed by atoms with van der Waals surface area (Å²) in [5.41, 5.74) is 4.30. The number of Topliss-reactive ketones (excluding diaryl/α,β-unsaturated/α-hetero) is 1. The maximum Gasteiger partial charge on any atom is 0.315 e. The number of hydrogen-bond donors (Lipinski definition) is 0. The molecule has 0 amide bonds. The summed E-state index contributed by atoms with van der Waals surface area (Å²) in [7, 11) is 3.98. The van der Waals surface area contributed by atoms with Crippen LogP contribution in [0.2, 0.25) is 0 Å². The fraction of sp³-hybridized carbons (Fsp3) is 0.542. The van der Waals surface area contributed by atoms with Gasteiger partial charge in [-0.15, -0.1) is 0 Å². The Morgan fingerprint density at radius 1 is 1.17 bits per heavy atom. The number of ether oxygens (including phenoxy) is 1. The topological polar surface area (TPSA) is 59.0 Å². The van der Waals surface area contributed by atoms with Gasteiger partial charge in [-0.25, -0.2) is 0 Å². The molecule has 1 aliphatic heterocycles. The summed E-state index contributed by atoms with van der Waals surface area (Å²) in [6.45, 7) is 8.34. The first kappa shape index (κ1) is 21.3. The van der Waals surface area contributed by atoms with Gasteiger partial charge >= 0.3 is 5.97 Å². The highest BCUT2D eigenvalue weighted by atomic mass is 16.5. The van der Waals surface area contributed by atoms with E-state index in [4.69, 9.17) is 9.73 Å². The number of hydrogen-bond acceptors (Lipinski definition) is 5. The van der Waals surface area contributed by atoms with Gasteiger partial charge in [0.15, 0.2) is 5.78 Å². The smallest absolute Gasteiger partial charge is 0.315 e. The van der Waals surface area contributed by atoms with E-state index in [1.807, 2.05) is 57.1 Å². The number of nitrogens with zero attached hydrogens (tertiary/aromatic N) is 2. The lowest BCUT2D eigenvalue weighted by Crippen LogP contribution is -2.40. The molecular formula is C24H32N2O3. The normalized spacial score (nSPS) is 23.4. The second-order valence-electron chi connectivity index (χ2n) is 8.95. The summed E-state index contributed by atoms with van der Waals surface area (Å²) in [6, 6.07) is 8.13. The van der Waals surface area contributed by atoms with Crippen LogP contribution in [0.5, 0.6) is 0 Å². The van der Waals surface area contributed by atoms with E-state index in [1.54, 1.807) is 0 Å². The van der Waals surface area contributed by atoms with Crippen molar-refractivity contribution in [2.75, 3.05) is 25.6 Å². The van der Waals surface area contributed by atoms with Crippen LogP contribution in [0, 0.1) is 11.3 Å². The van der Waals surface area contributed by atoms with E-state index in [0.717, 1.165) is 29.1 Å². The number of carbonyl (C=O) groups excluding carboxylic acids is 2. The van der Waals surface area contributed by atoms with E-state index in [9.17, 15) is 9.59 Å². The highest BCUT2D eigenvalue weighted by molar-refractivity contribution is 6.09. The van der Waals surface area contributed by atoms with Gasteiger partial charge in [-0.1, -0.05) is 32.9 Å². The molecule has 5 heteroatoms. The molecule has 0 saturated heterocycles. The minimum Gasteiger partial charge on any atom is -0.465 e. The Bertz CT molecular complexity index is 863. The molecule has 0 aromatic heterocycles. The van der Waals surface area contributed by atoms with Gasteiger partial charge in [0.2, 0.25) is 0 Å². The summed E-state index contributed by atoms with van der Waals surface area (Å²) >= 11 is 0. The molecule has 1 unspecified atom stereocenters. The molecule has 1 aliphatic carbocycles. The molecule has 0 bridgehead atoms. The molecule has 0 N–H and O–H groups in total. The van der Waals surface area contributed by atoms with Crippen molar-refractivity contribution in [1.82, 2.24) is 0 Å². The van der Waals surface area contributed by atoms with Crippen LogP contribution >= 0.6 is 0 Å². The SMILES string of the molecule is CCOC(=O)C1C(CC)=NC2=C(C(=O)CC(C)(C)C2)[C@@H]1c1ccc(N(C)C)cc1. The van der Waals surface area contributed by atoms with Gasteiger partial charge in [-0.05, 0) is 42.9 Å². The molecule has 156 valence electrons. The van der Waals surface area contributed by atoms with E-state index in [1.165, 1.54) is 0 Å². The number of esters is 1. The number of aliphatic imine (C=N–C) groups is 1. The molecule has 1 aromatic carbocycles. The Hall–Kier alpha value is -2.43.